The van der Waals surface area contributed by atoms with Gasteiger partial charge in [-0.1, -0.05) is 17.7 Å². The molecule has 0 spiro atoms. The van der Waals surface area contributed by atoms with Gasteiger partial charge in [-0.15, -0.1) is 11.6 Å². The Morgan fingerprint density at radius 2 is 2.14 bits per heavy atom. The van der Waals surface area contributed by atoms with Crippen molar-refractivity contribution in [3.05, 3.63) is 29.0 Å². The molecule has 0 saturated carbocycles. The molecule has 0 N–H and O–H groups in total. The number of amides is 2. The minimum atomic E-state index is -0.468. The number of likely N-dealkylation sites (N-methyl/N-ethyl adjacent to an activating group) is 1. The number of hydrogen-bond acceptors (Lipinski definition) is 3. The van der Waals surface area contributed by atoms with Gasteiger partial charge in [0.25, 0.3) is 5.91 Å². The van der Waals surface area contributed by atoms with E-state index in [0.29, 0.717) is 29.2 Å². The number of aromatic nitrogens is 2. The lowest BCUT2D eigenvalue weighted by Crippen LogP contribution is -2.43. The summed E-state index contributed by atoms with van der Waals surface area (Å²) in [6.07, 6.45) is 0.777. The van der Waals surface area contributed by atoms with Crippen LogP contribution < -0.4 is 0 Å². The second-order valence-electron chi connectivity index (χ2n) is 4.98. The third-order valence-electron chi connectivity index (χ3n) is 3.80. The number of imide groups is 1. The third kappa shape index (κ3) is 2.21. The van der Waals surface area contributed by atoms with Gasteiger partial charge in [-0.25, -0.2) is 4.98 Å². The predicted octanol–water partition coefficient (Wildman–Crippen LogP) is 2.75. The van der Waals surface area contributed by atoms with Gasteiger partial charge in [-0.2, -0.15) is 0 Å². The van der Waals surface area contributed by atoms with Gasteiger partial charge in [-0.3, -0.25) is 14.5 Å². The van der Waals surface area contributed by atoms with E-state index in [1.54, 1.807) is 10.6 Å². The van der Waals surface area contributed by atoms with Crippen molar-refractivity contribution in [3.8, 4) is 0 Å². The number of piperidine rings is 1. The number of likely N-dealkylation sites (tertiary alicyclic amines) is 1. The van der Waals surface area contributed by atoms with Gasteiger partial charge in [0, 0.05) is 13.5 Å². The Labute approximate surface area is 131 Å². The standard InChI is InChI=1S/C14H13Cl2N3O2/c1-18-12(20)6-5-10(14(18)21)19-9-4-2-3-8(16)13(9)17-11(19)7-15/h2-4,10H,5-7H2,1H3. The fourth-order valence-electron chi connectivity index (χ4n) is 2.71. The van der Waals surface area contributed by atoms with Crippen LogP contribution in [0.4, 0.5) is 0 Å². The van der Waals surface area contributed by atoms with Crippen LogP contribution in [-0.2, 0) is 15.5 Å². The molecule has 2 heterocycles. The van der Waals surface area contributed by atoms with Crippen molar-refractivity contribution in [3.63, 3.8) is 0 Å². The lowest BCUT2D eigenvalue weighted by Gasteiger charge is -2.29. The van der Waals surface area contributed by atoms with E-state index in [2.05, 4.69) is 4.98 Å². The minimum absolute atomic E-state index is 0.161. The number of fused-ring (bicyclic) bond motifs is 1. The molecule has 0 aliphatic carbocycles. The van der Waals surface area contributed by atoms with Gasteiger partial charge < -0.3 is 4.57 Å². The number of halogens is 2. The van der Waals surface area contributed by atoms with Crippen LogP contribution in [0.25, 0.3) is 11.0 Å². The number of para-hydroxylation sites is 1. The summed E-state index contributed by atoms with van der Waals surface area (Å²) in [6.45, 7) is 0. The first-order valence-corrected chi connectivity index (χ1v) is 7.47. The highest BCUT2D eigenvalue weighted by Crippen LogP contribution is 2.32. The average molecular weight is 326 g/mol. The molecule has 2 aromatic rings. The van der Waals surface area contributed by atoms with E-state index in [1.165, 1.54) is 11.9 Å². The maximum Gasteiger partial charge on any atom is 0.252 e. The number of rotatable bonds is 2. The second-order valence-corrected chi connectivity index (χ2v) is 5.66. The maximum absolute atomic E-state index is 12.4. The van der Waals surface area contributed by atoms with E-state index in [1.807, 2.05) is 12.1 Å². The molecular weight excluding hydrogens is 313 g/mol. The molecule has 1 aromatic carbocycles. The van der Waals surface area contributed by atoms with E-state index in [-0.39, 0.29) is 17.7 Å². The summed E-state index contributed by atoms with van der Waals surface area (Å²) in [5.41, 5.74) is 1.39. The van der Waals surface area contributed by atoms with Crippen molar-refractivity contribution < 1.29 is 9.59 Å². The van der Waals surface area contributed by atoms with E-state index in [4.69, 9.17) is 23.2 Å². The summed E-state index contributed by atoms with van der Waals surface area (Å²) in [4.78, 5) is 29.6. The van der Waals surface area contributed by atoms with Crippen molar-refractivity contribution in [2.24, 2.45) is 0 Å². The highest BCUT2D eigenvalue weighted by Gasteiger charge is 2.35. The van der Waals surface area contributed by atoms with Gasteiger partial charge in [0.15, 0.2) is 0 Å². The molecule has 1 unspecified atom stereocenters. The lowest BCUT2D eigenvalue weighted by molar-refractivity contribution is -0.149. The fraction of sp³-hybridized carbons (Fsp3) is 0.357. The Hall–Kier alpha value is -1.59. The molecule has 1 aromatic heterocycles. The topological polar surface area (TPSA) is 55.2 Å². The van der Waals surface area contributed by atoms with Crippen LogP contribution in [0.2, 0.25) is 5.02 Å². The molecule has 1 atom stereocenters. The monoisotopic (exact) mass is 325 g/mol. The molecule has 1 fully saturated rings. The summed E-state index contributed by atoms with van der Waals surface area (Å²) in [6, 6.07) is 4.94. The zero-order valence-electron chi connectivity index (χ0n) is 11.3. The smallest absolute Gasteiger partial charge is 0.252 e. The zero-order chi connectivity index (χ0) is 15.1. The Morgan fingerprint density at radius 3 is 2.86 bits per heavy atom. The van der Waals surface area contributed by atoms with Crippen LogP contribution >= 0.6 is 23.2 Å². The van der Waals surface area contributed by atoms with Crippen LogP contribution in [0.1, 0.15) is 24.7 Å². The normalized spacial score (nSPS) is 19.6. The summed E-state index contributed by atoms with van der Waals surface area (Å²) in [7, 11) is 1.50. The predicted molar refractivity (Wildman–Crippen MR) is 80.3 cm³/mol. The van der Waals surface area contributed by atoms with Crippen molar-refractivity contribution in [2.45, 2.75) is 24.8 Å². The number of carbonyl (C=O) groups excluding carboxylic acids is 2. The van der Waals surface area contributed by atoms with Crippen LogP contribution in [0.15, 0.2) is 18.2 Å². The van der Waals surface area contributed by atoms with Crippen molar-refractivity contribution in [1.29, 1.82) is 0 Å². The second kappa shape index (κ2) is 5.31. The van der Waals surface area contributed by atoms with Gasteiger partial charge in [0.1, 0.15) is 17.4 Å². The lowest BCUT2D eigenvalue weighted by atomic mass is 10.0. The van der Waals surface area contributed by atoms with Crippen LogP contribution in [-0.4, -0.2) is 33.3 Å². The van der Waals surface area contributed by atoms with E-state index in [0.717, 1.165) is 5.52 Å². The zero-order valence-corrected chi connectivity index (χ0v) is 12.9. The number of carbonyl (C=O) groups is 2. The van der Waals surface area contributed by atoms with Gasteiger partial charge in [0.2, 0.25) is 5.91 Å². The number of imidazole rings is 1. The molecule has 0 bridgehead atoms. The Morgan fingerprint density at radius 1 is 1.38 bits per heavy atom. The largest absolute Gasteiger partial charge is 0.314 e. The van der Waals surface area contributed by atoms with Gasteiger partial charge in [0.05, 0.1) is 16.4 Å². The minimum Gasteiger partial charge on any atom is -0.314 e. The highest BCUT2D eigenvalue weighted by atomic mass is 35.5. The quantitative estimate of drug-likeness (QED) is 0.630. The first-order valence-electron chi connectivity index (χ1n) is 6.56. The van der Waals surface area contributed by atoms with Crippen molar-refractivity contribution in [2.75, 3.05) is 7.05 Å². The first-order chi connectivity index (χ1) is 10.0. The van der Waals surface area contributed by atoms with Crippen LogP contribution in [0, 0.1) is 0 Å². The molecule has 5 nitrogen and oxygen atoms in total. The summed E-state index contributed by atoms with van der Waals surface area (Å²) in [5.74, 6) is 0.357. The Balaban J connectivity index is 2.18. The molecule has 21 heavy (non-hydrogen) atoms. The molecule has 7 heteroatoms. The number of alkyl halides is 1. The van der Waals surface area contributed by atoms with Crippen molar-refractivity contribution in [1.82, 2.24) is 14.5 Å². The Bertz CT molecular complexity index is 741. The molecule has 110 valence electrons. The SMILES string of the molecule is CN1C(=O)CCC(n2c(CCl)nc3c(Cl)cccc32)C1=O. The molecule has 3 rings (SSSR count). The fourth-order valence-corrected chi connectivity index (χ4v) is 3.11. The highest BCUT2D eigenvalue weighted by molar-refractivity contribution is 6.35. The molecule has 1 saturated heterocycles. The molecular formula is C14H13Cl2N3O2. The molecule has 1 aliphatic heterocycles. The molecule has 2 amide bonds. The third-order valence-corrected chi connectivity index (χ3v) is 4.34. The van der Waals surface area contributed by atoms with Gasteiger partial charge in [-0.05, 0) is 18.6 Å². The number of nitrogens with zero attached hydrogens (tertiary/aromatic N) is 3. The maximum atomic E-state index is 12.4. The number of benzene rings is 1. The van der Waals surface area contributed by atoms with E-state index < -0.39 is 6.04 Å². The first kappa shape index (κ1) is 14.4. The van der Waals surface area contributed by atoms with Crippen LogP contribution in [0.3, 0.4) is 0 Å². The number of hydrogen-bond donors (Lipinski definition) is 0. The van der Waals surface area contributed by atoms with E-state index >= 15 is 0 Å². The summed E-state index contributed by atoms with van der Waals surface area (Å²) in [5, 5.41) is 0.519. The molecule has 0 radical (unpaired) electrons. The molecule has 1 aliphatic rings. The van der Waals surface area contributed by atoms with Crippen molar-refractivity contribution >= 4 is 46.0 Å². The van der Waals surface area contributed by atoms with E-state index in [9.17, 15) is 9.59 Å². The van der Waals surface area contributed by atoms with Crippen LogP contribution in [0.5, 0.6) is 0 Å². The summed E-state index contributed by atoms with van der Waals surface area (Å²) < 4.78 is 1.81. The van der Waals surface area contributed by atoms with Gasteiger partial charge >= 0.3 is 0 Å². The average Bonchev–Trinajstić information content (AvgIpc) is 2.85. The Kier molecular flexibility index (Phi) is 3.63. The summed E-state index contributed by atoms with van der Waals surface area (Å²) >= 11 is 12.1.